The lowest BCUT2D eigenvalue weighted by Crippen LogP contribution is -2.23. The summed E-state index contributed by atoms with van der Waals surface area (Å²) >= 11 is 0. The molecule has 1 atom stereocenters. The lowest BCUT2D eigenvalue weighted by atomic mass is 10.0. The number of para-hydroxylation sites is 1. The molecule has 3 rings (SSSR count). The van der Waals surface area contributed by atoms with Gasteiger partial charge in [-0.25, -0.2) is 0 Å². The molecule has 0 bridgehead atoms. The van der Waals surface area contributed by atoms with Gasteiger partial charge in [0.25, 0.3) is 0 Å². The van der Waals surface area contributed by atoms with Crippen LogP contribution in [0.25, 0.3) is 10.9 Å². The summed E-state index contributed by atoms with van der Waals surface area (Å²) in [4.78, 5) is 16.4. The number of benzene rings is 1. The average Bonchev–Trinajstić information content (AvgIpc) is 3.04. The summed E-state index contributed by atoms with van der Waals surface area (Å²) in [7, 11) is 0. The minimum absolute atomic E-state index is 0. The normalized spacial score (nSPS) is 16.4. The first-order valence-electron chi connectivity index (χ1n) is 7.63. The van der Waals surface area contributed by atoms with Crippen molar-refractivity contribution in [2.75, 3.05) is 13.1 Å². The fraction of sp³-hybridized carbons (Fsp3) is 0.412. The van der Waals surface area contributed by atoms with Gasteiger partial charge in [-0.15, -0.1) is 24.8 Å². The van der Waals surface area contributed by atoms with Crippen molar-refractivity contribution in [2.24, 2.45) is 5.92 Å². The number of amides is 1. The van der Waals surface area contributed by atoms with Crippen molar-refractivity contribution in [3.63, 3.8) is 0 Å². The Morgan fingerprint density at radius 3 is 2.87 bits per heavy atom. The second-order valence-electron chi connectivity index (χ2n) is 5.67. The van der Waals surface area contributed by atoms with Crippen LogP contribution in [0.1, 0.15) is 24.8 Å². The van der Waals surface area contributed by atoms with Crippen LogP contribution in [0.4, 0.5) is 0 Å². The molecule has 1 saturated heterocycles. The van der Waals surface area contributed by atoms with Crippen molar-refractivity contribution in [3.05, 3.63) is 42.1 Å². The van der Waals surface area contributed by atoms with Crippen LogP contribution in [-0.4, -0.2) is 24.0 Å². The number of fused-ring (bicyclic) bond motifs is 1. The second kappa shape index (κ2) is 9.71. The zero-order valence-corrected chi connectivity index (χ0v) is 14.6. The number of nitrogens with zero attached hydrogens (tertiary/aromatic N) is 1. The summed E-state index contributed by atoms with van der Waals surface area (Å²) in [5.74, 6) is 0.796. The third kappa shape index (κ3) is 5.34. The van der Waals surface area contributed by atoms with Crippen LogP contribution < -0.4 is 10.6 Å². The van der Waals surface area contributed by atoms with Crippen LogP contribution in [0.2, 0.25) is 0 Å². The van der Waals surface area contributed by atoms with E-state index in [0.29, 0.717) is 18.9 Å². The van der Waals surface area contributed by atoms with Crippen LogP contribution in [0.3, 0.4) is 0 Å². The number of nitrogens with one attached hydrogen (secondary N) is 2. The topological polar surface area (TPSA) is 54.0 Å². The van der Waals surface area contributed by atoms with Crippen LogP contribution >= 0.6 is 24.8 Å². The van der Waals surface area contributed by atoms with Gasteiger partial charge in [-0.2, -0.15) is 0 Å². The lowest BCUT2D eigenvalue weighted by molar-refractivity contribution is -0.121. The quantitative estimate of drug-likeness (QED) is 0.866. The molecule has 0 radical (unpaired) electrons. The van der Waals surface area contributed by atoms with Crippen molar-refractivity contribution < 1.29 is 4.79 Å². The van der Waals surface area contributed by atoms with Gasteiger partial charge in [-0.1, -0.05) is 24.3 Å². The Kier molecular flexibility index (Phi) is 8.31. The highest BCUT2D eigenvalue weighted by Crippen LogP contribution is 2.16. The number of pyridine rings is 1. The Hall–Kier alpha value is -1.36. The van der Waals surface area contributed by atoms with Gasteiger partial charge in [0.15, 0.2) is 0 Å². The van der Waals surface area contributed by atoms with E-state index in [1.54, 1.807) is 6.20 Å². The molecule has 0 saturated carbocycles. The van der Waals surface area contributed by atoms with Gasteiger partial charge in [0.1, 0.15) is 0 Å². The molecular weight excluding hydrogens is 333 g/mol. The van der Waals surface area contributed by atoms with Crippen molar-refractivity contribution in [1.82, 2.24) is 15.6 Å². The summed E-state index contributed by atoms with van der Waals surface area (Å²) < 4.78 is 0. The molecule has 1 unspecified atom stereocenters. The van der Waals surface area contributed by atoms with E-state index < -0.39 is 0 Å². The number of aromatic nitrogens is 1. The van der Waals surface area contributed by atoms with E-state index in [0.717, 1.165) is 36.0 Å². The zero-order chi connectivity index (χ0) is 14.5. The summed E-state index contributed by atoms with van der Waals surface area (Å²) in [5.41, 5.74) is 2.05. The smallest absolute Gasteiger partial charge is 0.220 e. The lowest BCUT2D eigenvalue weighted by Gasteiger charge is -2.10. The molecule has 1 aliphatic rings. The Balaban J connectivity index is 0.00000132. The van der Waals surface area contributed by atoms with Crippen molar-refractivity contribution in [3.8, 4) is 0 Å². The fourth-order valence-electron chi connectivity index (χ4n) is 2.89. The van der Waals surface area contributed by atoms with E-state index in [2.05, 4.69) is 15.6 Å². The van der Waals surface area contributed by atoms with Crippen LogP contribution in [0.15, 0.2) is 36.5 Å². The van der Waals surface area contributed by atoms with E-state index in [4.69, 9.17) is 0 Å². The number of halogens is 2. The molecule has 2 heterocycles. The molecule has 1 fully saturated rings. The standard InChI is InChI=1S/C17H21N3O.2ClH/c21-16(7-6-13-8-10-18-11-13)20-12-15-4-1-3-14-5-2-9-19-17(14)15;;/h1-5,9,13,18H,6-8,10-12H2,(H,20,21);2*1H. The Morgan fingerprint density at radius 1 is 1.26 bits per heavy atom. The van der Waals surface area contributed by atoms with E-state index in [-0.39, 0.29) is 30.7 Å². The first kappa shape index (κ1) is 19.7. The molecule has 1 aromatic heterocycles. The molecule has 6 heteroatoms. The minimum atomic E-state index is 0. The van der Waals surface area contributed by atoms with E-state index in [9.17, 15) is 4.79 Å². The molecule has 1 amide bonds. The van der Waals surface area contributed by atoms with Gasteiger partial charge < -0.3 is 10.6 Å². The predicted octanol–water partition coefficient (Wildman–Crippen LogP) is 3.08. The molecule has 2 aromatic rings. The molecule has 1 aliphatic heterocycles. The summed E-state index contributed by atoms with van der Waals surface area (Å²) in [6, 6.07) is 10.0. The van der Waals surface area contributed by atoms with Crippen LogP contribution in [0, 0.1) is 5.92 Å². The van der Waals surface area contributed by atoms with E-state index in [1.807, 2.05) is 30.3 Å². The summed E-state index contributed by atoms with van der Waals surface area (Å²) in [6.07, 6.45) is 4.58. The van der Waals surface area contributed by atoms with Crippen molar-refractivity contribution in [1.29, 1.82) is 0 Å². The Labute approximate surface area is 149 Å². The Morgan fingerprint density at radius 2 is 2.09 bits per heavy atom. The number of hydrogen-bond donors (Lipinski definition) is 2. The number of hydrogen-bond acceptors (Lipinski definition) is 3. The predicted molar refractivity (Wildman–Crippen MR) is 98.3 cm³/mol. The third-order valence-electron chi connectivity index (χ3n) is 4.13. The van der Waals surface area contributed by atoms with Crippen LogP contribution in [-0.2, 0) is 11.3 Å². The van der Waals surface area contributed by atoms with Gasteiger partial charge in [0, 0.05) is 24.5 Å². The van der Waals surface area contributed by atoms with Gasteiger partial charge in [-0.05, 0) is 43.5 Å². The second-order valence-corrected chi connectivity index (χ2v) is 5.67. The summed E-state index contributed by atoms with van der Waals surface area (Å²) in [5, 5.41) is 7.46. The number of rotatable bonds is 5. The van der Waals surface area contributed by atoms with Gasteiger partial charge in [0.05, 0.1) is 5.52 Å². The molecule has 23 heavy (non-hydrogen) atoms. The molecular formula is C17H23Cl2N3O. The zero-order valence-electron chi connectivity index (χ0n) is 13.0. The van der Waals surface area contributed by atoms with Gasteiger partial charge in [-0.3, -0.25) is 9.78 Å². The van der Waals surface area contributed by atoms with E-state index >= 15 is 0 Å². The van der Waals surface area contributed by atoms with Crippen molar-refractivity contribution in [2.45, 2.75) is 25.8 Å². The highest BCUT2D eigenvalue weighted by atomic mass is 35.5. The monoisotopic (exact) mass is 355 g/mol. The number of carbonyl (C=O) groups excluding carboxylic acids is 1. The molecule has 4 nitrogen and oxygen atoms in total. The first-order valence-corrected chi connectivity index (χ1v) is 7.63. The molecule has 2 N–H and O–H groups in total. The largest absolute Gasteiger partial charge is 0.352 e. The maximum absolute atomic E-state index is 12.0. The molecule has 0 spiro atoms. The SMILES string of the molecule is Cl.Cl.O=C(CCC1CCNC1)NCc1cccc2cccnc12. The maximum Gasteiger partial charge on any atom is 0.220 e. The maximum atomic E-state index is 12.0. The van der Waals surface area contributed by atoms with E-state index in [1.165, 1.54) is 6.42 Å². The molecule has 0 aliphatic carbocycles. The van der Waals surface area contributed by atoms with Gasteiger partial charge >= 0.3 is 0 Å². The first-order chi connectivity index (χ1) is 10.3. The fourth-order valence-corrected chi connectivity index (χ4v) is 2.89. The van der Waals surface area contributed by atoms with Gasteiger partial charge in [0.2, 0.25) is 5.91 Å². The van der Waals surface area contributed by atoms with Crippen molar-refractivity contribution >= 4 is 41.6 Å². The summed E-state index contributed by atoms with van der Waals surface area (Å²) in [6.45, 7) is 2.70. The number of carbonyl (C=O) groups is 1. The molecule has 126 valence electrons. The average molecular weight is 356 g/mol. The highest BCUT2D eigenvalue weighted by Gasteiger charge is 2.15. The molecule has 1 aromatic carbocycles. The highest BCUT2D eigenvalue weighted by molar-refractivity contribution is 5.85. The Bertz CT molecular complexity index is 625. The van der Waals surface area contributed by atoms with Crippen LogP contribution in [0.5, 0.6) is 0 Å². The minimum Gasteiger partial charge on any atom is -0.352 e. The third-order valence-corrected chi connectivity index (χ3v) is 4.13.